The van der Waals surface area contributed by atoms with E-state index in [1.165, 1.54) is 26.4 Å². The summed E-state index contributed by atoms with van der Waals surface area (Å²) in [7, 11) is 2.86. The second-order valence-electron chi connectivity index (χ2n) is 5.44. The van der Waals surface area contributed by atoms with E-state index in [0.717, 1.165) is 4.90 Å². The zero-order valence-corrected chi connectivity index (χ0v) is 14.4. The highest BCUT2D eigenvalue weighted by molar-refractivity contribution is 6.39. The minimum Gasteiger partial charge on any atom is -0.497 e. The second kappa shape index (κ2) is 6.75. The lowest BCUT2D eigenvalue weighted by atomic mass is 10.1. The van der Waals surface area contributed by atoms with E-state index >= 15 is 0 Å². The largest absolute Gasteiger partial charge is 0.497 e. The van der Waals surface area contributed by atoms with Gasteiger partial charge in [-0.05, 0) is 37.3 Å². The number of nitrogens with zero attached hydrogens (tertiary/aromatic N) is 1. The van der Waals surface area contributed by atoms with E-state index in [1.54, 1.807) is 31.2 Å². The normalized spacial score (nSPS) is 16.0. The molecule has 0 spiro atoms. The molecule has 2 heterocycles. The van der Waals surface area contributed by atoms with Gasteiger partial charge in [0.2, 0.25) is 0 Å². The van der Waals surface area contributed by atoms with Crippen molar-refractivity contribution in [3.63, 3.8) is 0 Å². The fourth-order valence-electron chi connectivity index (χ4n) is 2.52. The summed E-state index contributed by atoms with van der Waals surface area (Å²) < 4.78 is 15.7. The molecule has 0 unspecified atom stereocenters. The monoisotopic (exact) mass is 356 g/mol. The van der Waals surface area contributed by atoms with E-state index in [4.69, 9.17) is 13.9 Å². The molecule has 0 aliphatic carbocycles. The minimum absolute atomic E-state index is 0.156. The summed E-state index contributed by atoms with van der Waals surface area (Å²) in [5.74, 6) is 0.0599. The maximum Gasteiger partial charge on any atom is 0.336 e. The number of carbonyl (C=O) groups excluding carboxylic acids is 3. The number of benzene rings is 1. The molecule has 1 aliphatic rings. The average molecular weight is 356 g/mol. The molecule has 2 aromatic rings. The number of ether oxygens (including phenoxy) is 2. The van der Waals surface area contributed by atoms with E-state index in [2.05, 4.69) is 5.32 Å². The molecule has 1 aromatic carbocycles. The maximum absolute atomic E-state index is 12.9. The van der Waals surface area contributed by atoms with E-state index in [9.17, 15) is 14.4 Å². The standard InChI is InChI=1S/C18H16N2O6/c1-10-4-5-12(26-10)8-13-16(21)19-18(23)20(17(13)22)14-9-11(24-2)6-7-15(14)25-3/h4-9H,1-3H3,(H,19,21,23)/b13-8+. The van der Waals surface area contributed by atoms with Crippen LogP contribution in [0.15, 0.2) is 40.3 Å². The van der Waals surface area contributed by atoms with Gasteiger partial charge in [0.1, 0.15) is 28.6 Å². The SMILES string of the molecule is COc1ccc(OC)c(N2C(=O)NC(=O)/C(=C\c3ccc(C)o3)C2=O)c1. The first-order valence-electron chi connectivity index (χ1n) is 7.64. The molecule has 8 heteroatoms. The van der Waals surface area contributed by atoms with Crippen LogP contribution in [0.4, 0.5) is 10.5 Å². The first-order chi connectivity index (χ1) is 12.4. The summed E-state index contributed by atoms with van der Waals surface area (Å²) in [6.07, 6.45) is 1.29. The summed E-state index contributed by atoms with van der Waals surface area (Å²) in [5, 5.41) is 2.15. The van der Waals surface area contributed by atoms with Gasteiger partial charge in [0.05, 0.1) is 19.9 Å². The van der Waals surface area contributed by atoms with Gasteiger partial charge in [0.25, 0.3) is 11.8 Å². The van der Waals surface area contributed by atoms with Crippen molar-refractivity contribution in [1.29, 1.82) is 0 Å². The molecular weight excluding hydrogens is 340 g/mol. The molecule has 4 amide bonds. The van der Waals surface area contributed by atoms with Gasteiger partial charge in [0, 0.05) is 6.07 Å². The van der Waals surface area contributed by atoms with Gasteiger partial charge in [-0.3, -0.25) is 14.9 Å². The highest BCUT2D eigenvalue weighted by Crippen LogP contribution is 2.34. The first-order valence-corrected chi connectivity index (χ1v) is 7.64. The highest BCUT2D eigenvalue weighted by atomic mass is 16.5. The summed E-state index contributed by atoms with van der Waals surface area (Å²) in [4.78, 5) is 38.1. The Morgan fingerprint density at radius 2 is 1.85 bits per heavy atom. The van der Waals surface area contributed by atoms with Crippen LogP contribution in [-0.2, 0) is 9.59 Å². The lowest BCUT2D eigenvalue weighted by Gasteiger charge is -2.27. The van der Waals surface area contributed by atoms with Gasteiger partial charge in [0.15, 0.2) is 0 Å². The summed E-state index contributed by atoms with van der Waals surface area (Å²) >= 11 is 0. The highest BCUT2D eigenvalue weighted by Gasteiger charge is 2.38. The van der Waals surface area contributed by atoms with Crippen molar-refractivity contribution in [2.45, 2.75) is 6.92 Å². The van der Waals surface area contributed by atoms with Crippen LogP contribution in [0.2, 0.25) is 0 Å². The Labute approximate surface area is 149 Å². The predicted molar refractivity (Wildman–Crippen MR) is 92.0 cm³/mol. The number of urea groups is 1. The number of imide groups is 2. The lowest BCUT2D eigenvalue weighted by Crippen LogP contribution is -2.54. The van der Waals surface area contributed by atoms with Crippen molar-refractivity contribution in [3.05, 3.63) is 47.4 Å². The van der Waals surface area contributed by atoms with Crippen molar-refractivity contribution in [3.8, 4) is 11.5 Å². The number of rotatable bonds is 4. The third-order valence-corrected chi connectivity index (χ3v) is 3.78. The number of anilines is 1. The van der Waals surface area contributed by atoms with Crippen LogP contribution in [0.3, 0.4) is 0 Å². The van der Waals surface area contributed by atoms with Crippen LogP contribution in [-0.4, -0.2) is 32.1 Å². The Morgan fingerprint density at radius 3 is 2.46 bits per heavy atom. The molecule has 1 N–H and O–H groups in total. The summed E-state index contributed by atoms with van der Waals surface area (Å²) in [6.45, 7) is 1.74. The number of hydrogen-bond donors (Lipinski definition) is 1. The molecular formula is C18H16N2O6. The molecule has 0 saturated carbocycles. The molecule has 26 heavy (non-hydrogen) atoms. The van der Waals surface area contributed by atoms with Gasteiger partial charge >= 0.3 is 6.03 Å². The van der Waals surface area contributed by atoms with Crippen molar-refractivity contribution >= 4 is 29.6 Å². The Hall–Kier alpha value is -3.55. The Morgan fingerprint density at radius 1 is 1.08 bits per heavy atom. The zero-order chi connectivity index (χ0) is 18.8. The number of nitrogens with one attached hydrogen (secondary N) is 1. The van der Waals surface area contributed by atoms with E-state index < -0.39 is 17.8 Å². The van der Waals surface area contributed by atoms with Crippen LogP contribution in [0, 0.1) is 6.92 Å². The lowest BCUT2D eigenvalue weighted by molar-refractivity contribution is -0.122. The van der Waals surface area contributed by atoms with Gasteiger partial charge in [-0.25, -0.2) is 9.69 Å². The van der Waals surface area contributed by atoms with Crippen molar-refractivity contribution < 1.29 is 28.3 Å². The Balaban J connectivity index is 2.07. The van der Waals surface area contributed by atoms with Crippen molar-refractivity contribution in [2.75, 3.05) is 19.1 Å². The quantitative estimate of drug-likeness (QED) is 0.667. The van der Waals surface area contributed by atoms with Crippen molar-refractivity contribution in [2.24, 2.45) is 0 Å². The number of barbiturate groups is 1. The van der Waals surface area contributed by atoms with Crippen LogP contribution in [0.25, 0.3) is 6.08 Å². The molecule has 0 bridgehead atoms. The van der Waals surface area contributed by atoms with Gasteiger partial charge < -0.3 is 13.9 Å². The Kier molecular flexibility index (Phi) is 4.49. The Bertz CT molecular complexity index is 928. The van der Waals surface area contributed by atoms with E-state index in [0.29, 0.717) is 17.3 Å². The van der Waals surface area contributed by atoms with Gasteiger partial charge in [-0.2, -0.15) is 0 Å². The molecule has 8 nitrogen and oxygen atoms in total. The smallest absolute Gasteiger partial charge is 0.336 e. The van der Waals surface area contributed by atoms with Crippen LogP contribution in [0.1, 0.15) is 11.5 Å². The molecule has 0 radical (unpaired) electrons. The molecule has 1 fully saturated rings. The average Bonchev–Trinajstić information content (AvgIpc) is 3.03. The van der Waals surface area contributed by atoms with E-state index in [1.807, 2.05) is 0 Å². The third kappa shape index (κ3) is 3.04. The van der Waals surface area contributed by atoms with Crippen LogP contribution < -0.4 is 19.7 Å². The number of methoxy groups -OCH3 is 2. The van der Waals surface area contributed by atoms with E-state index in [-0.39, 0.29) is 17.0 Å². The topological polar surface area (TPSA) is 98.1 Å². The molecule has 134 valence electrons. The first kappa shape index (κ1) is 17.3. The third-order valence-electron chi connectivity index (χ3n) is 3.78. The predicted octanol–water partition coefficient (Wildman–Crippen LogP) is 2.27. The van der Waals surface area contributed by atoms with Gasteiger partial charge in [-0.1, -0.05) is 0 Å². The minimum atomic E-state index is -0.876. The number of furan rings is 1. The van der Waals surface area contributed by atoms with Crippen LogP contribution >= 0.6 is 0 Å². The molecule has 1 aliphatic heterocycles. The number of amides is 4. The fourth-order valence-corrected chi connectivity index (χ4v) is 2.52. The molecule has 1 aromatic heterocycles. The summed E-state index contributed by atoms with van der Waals surface area (Å²) in [5.41, 5.74) is -0.0767. The molecule has 0 atom stereocenters. The number of carbonyl (C=O) groups is 3. The van der Waals surface area contributed by atoms with Crippen molar-refractivity contribution in [1.82, 2.24) is 5.32 Å². The second-order valence-corrected chi connectivity index (χ2v) is 5.44. The molecule has 3 rings (SSSR count). The van der Waals surface area contributed by atoms with Gasteiger partial charge in [-0.15, -0.1) is 0 Å². The molecule has 1 saturated heterocycles. The van der Waals surface area contributed by atoms with Crippen LogP contribution in [0.5, 0.6) is 11.5 Å². The maximum atomic E-state index is 12.9. The number of aryl methyl sites for hydroxylation is 1. The number of hydrogen-bond acceptors (Lipinski definition) is 6. The fraction of sp³-hybridized carbons (Fsp3) is 0.167. The zero-order valence-electron chi connectivity index (χ0n) is 14.4. The summed E-state index contributed by atoms with van der Waals surface area (Å²) in [6, 6.07) is 7.11.